The van der Waals surface area contributed by atoms with Crippen LogP contribution in [0.5, 0.6) is 17.2 Å². The SMILES string of the molecule is CCOC(=O)NC(C)COc1ccc(Oc2cccc(Cl)c2)cc1. The molecule has 1 N–H and O–H groups in total. The van der Waals surface area contributed by atoms with Crippen molar-refractivity contribution in [3.8, 4) is 17.2 Å². The van der Waals surface area contributed by atoms with Gasteiger partial charge >= 0.3 is 6.09 Å². The molecule has 128 valence electrons. The molecular weight excluding hydrogens is 330 g/mol. The van der Waals surface area contributed by atoms with Gasteiger partial charge in [0, 0.05) is 5.02 Å². The van der Waals surface area contributed by atoms with Gasteiger partial charge in [-0.3, -0.25) is 0 Å². The number of carbonyl (C=O) groups is 1. The topological polar surface area (TPSA) is 56.8 Å². The molecule has 0 aromatic heterocycles. The maximum absolute atomic E-state index is 11.3. The van der Waals surface area contributed by atoms with Crippen LogP contribution in [0.1, 0.15) is 13.8 Å². The molecular formula is C18H20ClNO4. The first-order chi connectivity index (χ1) is 11.6. The highest BCUT2D eigenvalue weighted by molar-refractivity contribution is 6.30. The number of ether oxygens (including phenoxy) is 3. The Hall–Kier alpha value is -2.40. The van der Waals surface area contributed by atoms with E-state index in [1.807, 2.05) is 19.1 Å². The molecule has 0 spiro atoms. The lowest BCUT2D eigenvalue weighted by atomic mass is 10.3. The first-order valence-electron chi connectivity index (χ1n) is 7.66. The fourth-order valence-corrected chi connectivity index (χ4v) is 2.09. The minimum Gasteiger partial charge on any atom is -0.491 e. The maximum Gasteiger partial charge on any atom is 0.407 e. The zero-order valence-electron chi connectivity index (χ0n) is 13.6. The van der Waals surface area contributed by atoms with Gasteiger partial charge in [-0.15, -0.1) is 0 Å². The Morgan fingerprint density at radius 1 is 1.12 bits per heavy atom. The molecule has 0 aliphatic carbocycles. The van der Waals surface area contributed by atoms with Gasteiger partial charge in [0.1, 0.15) is 23.9 Å². The highest BCUT2D eigenvalue weighted by Gasteiger charge is 2.08. The van der Waals surface area contributed by atoms with Crippen LogP contribution >= 0.6 is 11.6 Å². The van der Waals surface area contributed by atoms with Crippen molar-refractivity contribution < 1.29 is 19.0 Å². The van der Waals surface area contributed by atoms with E-state index >= 15 is 0 Å². The van der Waals surface area contributed by atoms with Crippen LogP contribution in [0.15, 0.2) is 48.5 Å². The molecule has 6 heteroatoms. The summed E-state index contributed by atoms with van der Waals surface area (Å²) in [6, 6.07) is 14.2. The molecule has 0 heterocycles. The van der Waals surface area contributed by atoms with Crippen LogP contribution in [-0.4, -0.2) is 25.3 Å². The summed E-state index contributed by atoms with van der Waals surface area (Å²) in [5.74, 6) is 2.04. The van der Waals surface area contributed by atoms with E-state index in [0.29, 0.717) is 35.5 Å². The monoisotopic (exact) mass is 349 g/mol. The zero-order chi connectivity index (χ0) is 17.4. The van der Waals surface area contributed by atoms with Gasteiger partial charge < -0.3 is 19.5 Å². The van der Waals surface area contributed by atoms with Crippen LogP contribution in [0, 0.1) is 0 Å². The van der Waals surface area contributed by atoms with Crippen molar-refractivity contribution in [2.24, 2.45) is 0 Å². The number of carbonyl (C=O) groups excluding carboxylic acids is 1. The molecule has 1 amide bonds. The van der Waals surface area contributed by atoms with Crippen molar-refractivity contribution in [2.75, 3.05) is 13.2 Å². The van der Waals surface area contributed by atoms with E-state index in [2.05, 4.69) is 5.32 Å². The van der Waals surface area contributed by atoms with Gasteiger partial charge in [-0.1, -0.05) is 17.7 Å². The van der Waals surface area contributed by atoms with Crippen LogP contribution in [0.4, 0.5) is 4.79 Å². The number of amides is 1. The van der Waals surface area contributed by atoms with E-state index in [4.69, 9.17) is 25.8 Å². The van der Waals surface area contributed by atoms with Gasteiger partial charge in [-0.05, 0) is 56.3 Å². The highest BCUT2D eigenvalue weighted by atomic mass is 35.5. The normalized spacial score (nSPS) is 11.5. The van der Waals surface area contributed by atoms with Crippen LogP contribution in [0.2, 0.25) is 5.02 Å². The smallest absolute Gasteiger partial charge is 0.407 e. The molecule has 0 saturated heterocycles. The molecule has 0 aliphatic heterocycles. The van der Waals surface area contributed by atoms with E-state index in [-0.39, 0.29) is 6.04 Å². The number of nitrogens with one attached hydrogen (secondary N) is 1. The fourth-order valence-electron chi connectivity index (χ4n) is 1.91. The Kier molecular flexibility index (Phi) is 6.75. The lowest BCUT2D eigenvalue weighted by Crippen LogP contribution is -2.37. The molecule has 5 nitrogen and oxygen atoms in total. The summed E-state index contributed by atoms with van der Waals surface area (Å²) < 4.78 is 16.1. The molecule has 0 bridgehead atoms. The van der Waals surface area contributed by atoms with E-state index < -0.39 is 6.09 Å². The highest BCUT2D eigenvalue weighted by Crippen LogP contribution is 2.25. The third-order valence-corrected chi connectivity index (χ3v) is 3.23. The van der Waals surface area contributed by atoms with Crippen molar-refractivity contribution in [3.05, 3.63) is 53.6 Å². The third-order valence-electron chi connectivity index (χ3n) is 3.00. The lowest BCUT2D eigenvalue weighted by molar-refractivity contribution is 0.144. The van der Waals surface area contributed by atoms with Crippen LogP contribution in [-0.2, 0) is 4.74 Å². The van der Waals surface area contributed by atoms with Gasteiger partial charge in [-0.25, -0.2) is 4.79 Å². The number of halogens is 1. The van der Waals surface area contributed by atoms with Crippen LogP contribution < -0.4 is 14.8 Å². The van der Waals surface area contributed by atoms with E-state index in [0.717, 1.165) is 0 Å². The molecule has 2 aromatic carbocycles. The molecule has 0 radical (unpaired) electrons. The summed E-state index contributed by atoms with van der Waals surface area (Å²) in [6.07, 6.45) is -0.445. The Balaban J connectivity index is 1.82. The molecule has 0 aliphatic rings. The Morgan fingerprint density at radius 2 is 1.83 bits per heavy atom. The van der Waals surface area contributed by atoms with Crippen molar-refractivity contribution in [2.45, 2.75) is 19.9 Å². The number of benzene rings is 2. The Labute approximate surface area is 146 Å². The quantitative estimate of drug-likeness (QED) is 0.790. The van der Waals surface area contributed by atoms with Crippen molar-refractivity contribution >= 4 is 17.7 Å². The number of rotatable bonds is 7. The van der Waals surface area contributed by atoms with Gasteiger partial charge in [-0.2, -0.15) is 0 Å². The maximum atomic E-state index is 11.3. The molecule has 0 saturated carbocycles. The molecule has 0 fully saturated rings. The molecule has 1 unspecified atom stereocenters. The standard InChI is InChI=1S/C18H20ClNO4/c1-3-22-18(21)20-13(2)12-23-15-7-9-16(10-8-15)24-17-6-4-5-14(19)11-17/h4-11,13H,3,12H2,1-2H3,(H,20,21). The average molecular weight is 350 g/mol. The second-order valence-electron chi connectivity index (χ2n) is 5.11. The van der Waals surface area contributed by atoms with E-state index in [9.17, 15) is 4.79 Å². The average Bonchev–Trinajstić information content (AvgIpc) is 2.54. The molecule has 2 rings (SSSR count). The molecule has 24 heavy (non-hydrogen) atoms. The van der Waals surface area contributed by atoms with Gasteiger partial charge in [0.2, 0.25) is 0 Å². The number of hydrogen-bond donors (Lipinski definition) is 1. The second-order valence-corrected chi connectivity index (χ2v) is 5.54. The first-order valence-corrected chi connectivity index (χ1v) is 8.04. The van der Waals surface area contributed by atoms with Crippen molar-refractivity contribution in [1.82, 2.24) is 5.32 Å². The second kappa shape index (κ2) is 9.03. The summed E-state index contributed by atoms with van der Waals surface area (Å²) >= 11 is 5.92. The summed E-state index contributed by atoms with van der Waals surface area (Å²) in [5, 5.41) is 3.30. The van der Waals surface area contributed by atoms with Crippen molar-refractivity contribution in [1.29, 1.82) is 0 Å². The molecule has 2 aromatic rings. The predicted molar refractivity (Wildman–Crippen MR) is 93.1 cm³/mol. The Bertz CT molecular complexity index is 660. The van der Waals surface area contributed by atoms with Crippen LogP contribution in [0.3, 0.4) is 0 Å². The van der Waals surface area contributed by atoms with Crippen LogP contribution in [0.25, 0.3) is 0 Å². The Morgan fingerprint density at radius 3 is 2.50 bits per heavy atom. The summed E-state index contributed by atoms with van der Waals surface area (Å²) in [4.78, 5) is 11.3. The summed E-state index contributed by atoms with van der Waals surface area (Å²) in [5.41, 5.74) is 0. The van der Waals surface area contributed by atoms with Gasteiger partial charge in [0.05, 0.1) is 12.6 Å². The number of alkyl carbamates (subject to hydrolysis) is 1. The zero-order valence-corrected chi connectivity index (χ0v) is 14.4. The first kappa shape index (κ1) is 17.9. The molecule has 1 atom stereocenters. The van der Waals surface area contributed by atoms with Gasteiger partial charge in [0.25, 0.3) is 0 Å². The minimum atomic E-state index is -0.445. The largest absolute Gasteiger partial charge is 0.491 e. The lowest BCUT2D eigenvalue weighted by Gasteiger charge is -2.15. The summed E-state index contributed by atoms with van der Waals surface area (Å²) in [6.45, 7) is 4.28. The number of hydrogen-bond acceptors (Lipinski definition) is 4. The van der Waals surface area contributed by atoms with E-state index in [1.54, 1.807) is 43.3 Å². The predicted octanol–water partition coefficient (Wildman–Crippen LogP) is 4.65. The van der Waals surface area contributed by atoms with Crippen molar-refractivity contribution in [3.63, 3.8) is 0 Å². The third kappa shape index (κ3) is 6.01. The summed E-state index contributed by atoms with van der Waals surface area (Å²) in [7, 11) is 0. The fraction of sp³-hybridized carbons (Fsp3) is 0.278. The van der Waals surface area contributed by atoms with E-state index in [1.165, 1.54) is 0 Å². The minimum absolute atomic E-state index is 0.161. The van der Waals surface area contributed by atoms with Gasteiger partial charge in [0.15, 0.2) is 0 Å².